The summed E-state index contributed by atoms with van der Waals surface area (Å²) in [6.07, 6.45) is 7.57. The van der Waals surface area contributed by atoms with Crippen molar-refractivity contribution in [3.05, 3.63) is 21.1 Å². The largest absolute Gasteiger partial charge is 0.342 e. The number of carbonyl (C=O) groups excluding carboxylic acids is 2. The molecule has 0 spiro atoms. The highest BCUT2D eigenvalue weighted by Gasteiger charge is 2.31. The molecule has 0 aromatic carbocycles. The lowest BCUT2D eigenvalue weighted by Gasteiger charge is -2.34. The highest BCUT2D eigenvalue weighted by atomic mass is 32.1. The zero-order valence-electron chi connectivity index (χ0n) is 18.5. The molecule has 0 atom stereocenters. The summed E-state index contributed by atoms with van der Waals surface area (Å²) in [5, 5.41) is 15.3. The van der Waals surface area contributed by atoms with Crippen molar-refractivity contribution >= 4 is 39.6 Å². The van der Waals surface area contributed by atoms with Crippen molar-refractivity contribution in [3.8, 4) is 0 Å². The number of hydrogen-bond donors (Lipinski definition) is 1. The molecule has 2 fully saturated rings. The third-order valence-corrected chi connectivity index (χ3v) is 8.42. The summed E-state index contributed by atoms with van der Waals surface area (Å²) < 4.78 is 0. The van der Waals surface area contributed by atoms with E-state index in [0.29, 0.717) is 22.7 Å². The third-order valence-electron chi connectivity index (χ3n) is 6.15. The number of nitrogens with one attached hydrogen (secondary N) is 1. The number of piperidine rings is 1. The van der Waals surface area contributed by atoms with Crippen LogP contribution in [-0.4, -0.2) is 45.0 Å². The molecule has 2 aromatic rings. The monoisotopic (exact) mass is 461 g/mol. The standard InChI is InChI=1S/C22H31N5O2S2/c1-22(2,3)20-25-26-21(31-20)24-17(28)16-13-30-18(23-16)14-9-11-27(12-10-14)19(29)15-7-5-4-6-8-15/h13-15H,4-12H2,1-3H3,(H,24,26,28). The molecule has 1 aliphatic heterocycles. The molecule has 31 heavy (non-hydrogen) atoms. The molecule has 0 bridgehead atoms. The van der Waals surface area contributed by atoms with E-state index in [1.807, 2.05) is 5.38 Å². The Kier molecular flexibility index (Phi) is 6.71. The van der Waals surface area contributed by atoms with Crippen molar-refractivity contribution in [1.29, 1.82) is 0 Å². The Morgan fingerprint density at radius 3 is 2.42 bits per heavy atom. The first kappa shape index (κ1) is 22.3. The summed E-state index contributed by atoms with van der Waals surface area (Å²) in [7, 11) is 0. The number of hydrogen-bond acceptors (Lipinski definition) is 7. The van der Waals surface area contributed by atoms with Crippen LogP contribution >= 0.6 is 22.7 Å². The van der Waals surface area contributed by atoms with Crippen LogP contribution in [-0.2, 0) is 10.2 Å². The highest BCUT2D eigenvalue weighted by molar-refractivity contribution is 7.15. The lowest BCUT2D eigenvalue weighted by Crippen LogP contribution is -2.41. The van der Waals surface area contributed by atoms with Gasteiger partial charge in [0.05, 0.1) is 5.01 Å². The average molecular weight is 462 g/mol. The van der Waals surface area contributed by atoms with Crippen molar-refractivity contribution in [2.45, 2.75) is 77.0 Å². The zero-order chi connectivity index (χ0) is 22.0. The van der Waals surface area contributed by atoms with Crippen LogP contribution in [0.25, 0.3) is 0 Å². The minimum absolute atomic E-state index is 0.0956. The number of aromatic nitrogens is 3. The van der Waals surface area contributed by atoms with Crippen molar-refractivity contribution in [2.75, 3.05) is 18.4 Å². The van der Waals surface area contributed by atoms with E-state index in [9.17, 15) is 9.59 Å². The van der Waals surface area contributed by atoms with E-state index in [4.69, 9.17) is 0 Å². The predicted octanol–water partition coefficient (Wildman–Crippen LogP) is 4.83. The van der Waals surface area contributed by atoms with E-state index in [-0.39, 0.29) is 17.2 Å². The molecule has 2 amide bonds. The van der Waals surface area contributed by atoms with Gasteiger partial charge < -0.3 is 4.90 Å². The van der Waals surface area contributed by atoms with Crippen molar-refractivity contribution in [1.82, 2.24) is 20.1 Å². The maximum atomic E-state index is 12.8. The van der Waals surface area contributed by atoms with Gasteiger partial charge >= 0.3 is 0 Å². The van der Waals surface area contributed by atoms with Gasteiger partial charge in [0.15, 0.2) is 0 Å². The lowest BCUT2D eigenvalue weighted by atomic mass is 9.87. The average Bonchev–Trinajstić information content (AvgIpc) is 3.44. The molecule has 3 heterocycles. The van der Waals surface area contributed by atoms with Gasteiger partial charge in [-0.2, -0.15) is 0 Å². The first-order valence-corrected chi connectivity index (χ1v) is 12.9. The number of likely N-dealkylation sites (tertiary alicyclic amines) is 1. The first-order valence-electron chi connectivity index (χ1n) is 11.2. The number of anilines is 1. The summed E-state index contributed by atoms with van der Waals surface area (Å²) in [4.78, 5) is 32.0. The molecule has 4 rings (SSSR count). The molecule has 1 saturated heterocycles. The fourth-order valence-corrected chi connectivity index (χ4v) is 6.04. The van der Waals surface area contributed by atoms with E-state index in [2.05, 4.69) is 46.2 Å². The molecular weight excluding hydrogens is 430 g/mol. The molecule has 1 saturated carbocycles. The number of carbonyl (C=O) groups is 2. The van der Waals surface area contributed by atoms with Crippen molar-refractivity contribution in [3.63, 3.8) is 0 Å². The molecule has 7 nitrogen and oxygen atoms in total. The third kappa shape index (κ3) is 5.31. The number of rotatable bonds is 4. The Bertz CT molecular complexity index is 918. The topological polar surface area (TPSA) is 88.1 Å². The summed E-state index contributed by atoms with van der Waals surface area (Å²) in [5.41, 5.74) is 0.329. The first-order chi connectivity index (χ1) is 14.8. The second-order valence-corrected chi connectivity index (χ2v) is 11.5. The Morgan fingerprint density at radius 1 is 1.06 bits per heavy atom. The fourth-order valence-electron chi connectivity index (χ4n) is 4.27. The molecule has 0 radical (unpaired) electrons. The van der Waals surface area contributed by atoms with Gasteiger partial charge in [-0.1, -0.05) is 51.4 Å². The molecule has 168 valence electrons. The van der Waals surface area contributed by atoms with E-state index < -0.39 is 0 Å². The number of nitrogens with zero attached hydrogens (tertiary/aromatic N) is 4. The maximum Gasteiger partial charge on any atom is 0.276 e. The molecule has 9 heteroatoms. The van der Waals surface area contributed by atoms with Crippen LogP contribution in [0.4, 0.5) is 5.13 Å². The van der Waals surface area contributed by atoms with Crippen LogP contribution in [0.3, 0.4) is 0 Å². The SMILES string of the molecule is CC(C)(C)c1nnc(NC(=O)c2csc(C3CCN(C(=O)C4CCCCC4)CC3)n2)s1. The summed E-state index contributed by atoms with van der Waals surface area (Å²) in [6.45, 7) is 7.79. The van der Waals surface area contributed by atoms with Crippen LogP contribution in [0, 0.1) is 5.92 Å². The minimum atomic E-state index is -0.246. The van der Waals surface area contributed by atoms with Gasteiger partial charge in [-0.3, -0.25) is 14.9 Å². The summed E-state index contributed by atoms with van der Waals surface area (Å²) in [5.74, 6) is 0.656. The Morgan fingerprint density at radius 2 is 1.77 bits per heavy atom. The zero-order valence-corrected chi connectivity index (χ0v) is 20.2. The van der Waals surface area contributed by atoms with E-state index in [1.54, 1.807) is 0 Å². The van der Waals surface area contributed by atoms with E-state index in [1.165, 1.54) is 41.9 Å². The smallest absolute Gasteiger partial charge is 0.276 e. The number of thiazole rings is 1. The second-order valence-electron chi connectivity index (χ2n) is 9.62. The fraction of sp³-hybridized carbons (Fsp3) is 0.682. The van der Waals surface area contributed by atoms with Gasteiger partial charge in [-0.25, -0.2) is 4.98 Å². The molecule has 1 N–H and O–H groups in total. The summed E-state index contributed by atoms with van der Waals surface area (Å²) in [6, 6.07) is 0. The van der Waals surface area contributed by atoms with Gasteiger partial charge in [0.1, 0.15) is 10.7 Å². The molecule has 1 aliphatic carbocycles. The molecule has 2 aromatic heterocycles. The Balaban J connectivity index is 1.31. The predicted molar refractivity (Wildman–Crippen MR) is 124 cm³/mol. The minimum Gasteiger partial charge on any atom is -0.342 e. The second kappa shape index (κ2) is 9.32. The normalized spacial score (nSPS) is 18.9. The van der Waals surface area contributed by atoms with E-state index >= 15 is 0 Å². The molecule has 2 aliphatic rings. The van der Waals surface area contributed by atoms with Crippen LogP contribution in [0.15, 0.2) is 5.38 Å². The lowest BCUT2D eigenvalue weighted by molar-refractivity contribution is -0.137. The van der Waals surface area contributed by atoms with Gasteiger partial charge in [0.2, 0.25) is 11.0 Å². The summed E-state index contributed by atoms with van der Waals surface area (Å²) >= 11 is 2.93. The van der Waals surface area contributed by atoms with Gasteiger partial charge in [0, 0.05) is 35.7 Å². The van der Waals surface area contributed by atoms with Crippen LogP contribution in [0.2, 0.25) is 0 Å². The van der Waals surface area contributed by atoms with Crippen LogP contribution in [0.5, 0.6) is 0 Å². The highest BCUT2D eigenvalue weighted by Crippen LogP contribution is 2.33. The number of amides is 2. The maximum absolute atomic E-state index is 12.8. The van der Waals surface area contributed by atoms with Gasteiger partial charge in [-0.15, -0.1) is 21.5 Å². The molecular formula is C22H31N5O2S2. The van der Waals surface area contributed by atoms with Crippen LogP contribution in [0.1, 0.15) is 92.1 Å². The quantitative estimate of drug-likeness (QED) is 0.704. The van der Waals surface area contributed by atoms with Crippen molar-refractivity contribution < 1.29 is 9.59 Å². The van der Waals surface area contributed by atoms with Crippen molar-refractivity contribution in [2.24, 2.45) is 5.92 Å². The molecule has 0 unspecified atom stereocenters. The van der Waals surface area contributed by atoms with Gasteiger partial charge in [-0.05, 0) is 25.7 Å². The Labute approximate surface area is 191 Å². The van der Waals surface area contributed by atoms with Gasteiger partial charge in [0.25, 0.3) is 5.91 Å². The Hall–Kier alpha value is -1.87. The van der Waals surface area contributed by atoms with E-state index in [0.717, 1.165) is 48.8 Å². The van der Waals surface area contributed by atoms with Crippen LogP contribution < -0.4 is 5.32 Å².